The van der Waals surface area contributed by atoms with E-state index in [0.29, 0.717) is 0 Å². The highest BCUT2D eigenvalue weighted by Crippen LogP contribution is 2.44. The molecule has 0 saturated heterocycles. The van der Waals surface area contributed by atoms with E-state index in [4.69, 9.17) is 0 Å². The maximum Gasteiger partial charge on any atom is 0.0541 e. The smallest absolute Gasteiger partial charge is 0.0541 e. The van der Waals surface area contributed by atoms with E-state index in [0.717, 1.165) is 22.7 Å². The van der Waals surface area contributed by atoms with Crippen molar-refractivity contribution in [3.05, 3.63) is 194 Å². The van der Waals surface area contributed by atoms with Crippen LogP contribution < -0.4 is 4.90 Å². The highest BCUT2D eigenvalue weighted by atomic mass is 32.1. The molecule has 0 spiro atoms. The third kappa shape index (κ3) is 4.86. The van der Waals surface area contributed by atoms with Gasteiger partial charge in [0.25, 0.3) is 0 Å². The Morgan fingerprint density at radius 2 is 0.875 bits per heavy atom. The van der Waals surface area contributed by atoms with Gasteiger partial charge >= 0.3 is 0 Å². The molecule has 0 N–H and O–H groups in total. The maximum absolute atomic E-state index is 2.42. The number of benzene rings is 9. The number of hydrogen-bond acceptors (Lipinski definition) is 3. The summed E-state index contributed by atoms with van der Waals surface area (Å²) in [6.45, 7) is 0. The van der Waals surface area contributed by atoms with Crippen LogP contribution in [-0.2, 0) is 0 Å². The molecule has 0 aliphatic heterocycles. The Balaban J connectivity index is 1.03. The average molecular weight is 749 g/mol. The topological polar surface area (TPSA) is 8.17 Å². The summed E-state index contributed by atoms with van der Waals surface area (Å²) in [5.41, 5.74) is 8.07. The predicted molar refractivity (Wildman–Crippen MR) is 244 cm³/mol. The lowest BCUT2D eigenvalue weighted by atomic mass is 10.0. The first kappa shape index (κ1) is 31.6. The molecule has 0 bridgehead atoms. The molecule has 12 rings (SSSR count). The van der Waals surface area contributed by atoms with E-state index >= 15 is 0 Å². The third-order valence-corrected chi connectivity index (χ3v) is 13.8. The molecule has 0 aliphatic carbocycles. The van der Waals surface area contributed by atoms with Crippen LogP contribution in [0.2, 0.25) is 0 Å². The van der Waals surface area contributed by atoms with Gasteiger partial charge in [-0.05, 0) is 99.9 Å². The molecular formula is C52H32N2S2. The van der Waals surface area contributed by atoms with E-state index in [-0.39, 0.29) is 0 Å². The van der Waals surface area contributed by atoms with E-state index in [2.05, 4.69) is 204 Å². The van der Waals surface area contributed by atoms with Crippen LogP contribution in [0.5, 0.6) is 0 Å². The molecule has 56 heavy (non-hydrogen) atoms. The summed E-state index contributed by atoms with van der Waals surface area (Å²) in [7, 11) is 0. The minimum absolute atomic E-state index is 1.11. The molecule has 0 fully saturated rings. The van der Waals surface area contributed by atoms with Crippen molar-refractivity contribution in [3.63, 3.8) is 0 Å². The fourth-order valence-electron chi connectivity index (χ4n) is 8.73. The second-order valence-electron chi connectivity index (χ2n) is 14.5. The van der Waals surface area contributed by atoms with Gasteiger partial charge in [-0.1, -0.05) is 121 Å². The molecule has 0 saturated carbocycles. The van der Waals surface area contributed by atoms with Crippen LogP contribution in [0.15, 0.2) is 194 Å². The first-order valence-electron chi connectivity index (χ1n) is 19.0. The van der Waals surface area contributed by atoms with Crippen LogP contribution in [-0.4, -0.2) is 4.57 Å². The zero-order chi connectivity index (χ0) is 36.7. The summed E-state index contributed by atoms with van der Waals surface area (Å²) in [6.07, 6.45) is 0. The van der Waals surface area contributed by atoms with Gasteiger partial charge in [-0.15, -0.1) is 22.7 Å². The summed E-state index contributed by atoms with van der Waals surface area (Å²) in [6, 6.07) is 71.4. The zero-order valence-corrected chi connectivity index (χ0v) is 31.8. The number of rotatable bonds is 5. The van der Waals surface area contributed by atoms with Gasteiger partial charge in [-0.25, -0.2) is 0 Å². The molecule has 12 aromatic rings. The molecule has 0 amide bonds. The van der Waals surface area contributed by atoms with Crippen molar-refractivity contribution in [2.24, 2.45) is 0 Å². The molecule has 0 aliphatic rings. The summed E-state index contributed by atoms with van der Waals surface area (Å²) < 4.78 is 7.72. The molecule has 262 valence electrons. The Kier molecular flexibility index (Phi) is 7.00. The Morgan fingerprint density at radius 1 is 0.357 bits per heavy atom. The molecule has 3 aromatic heterocycles. The summed E-state index contributed by atoms with van der Waals surface area (Å²) in [5, 5.41) is 11.6. The highest BCUT2D eigenvalue weighted by molar-refractivity contribution is 7.27. The van der Waals surface area contributed by atoms with Gasteiger partial charge in [-0.3, -0.25) is 0 Å². The quantitative estimate of drug-likeness (QED) is 0.170. The fourth-order valence-corrected chi connectivity index (χ4v) is 11.2. The van der Waals surface area contributed by atoms with E-state index < -0.39 is 0 Å². The normalized spacial score (nSPS) is 11.9. The lowest BCUT2D eigenvalue weighted by molar-refractivity contribution is 1.13. The van der Waals surface area contributed by atoms with Crippen molar-refractivity contribution in [3.8, 4) is 16.9 Å². The number of nitrogens with zero attached hydrogens (tertiary/aromatic N) is 2. The molecular weight excluding hydrogens is 717 g/mol. The van der Waals surface area contributed by atoms with E-state index in [9.17, 15) is 0 Å². The number of para-hydroxylation sites is 2. The van der Waals surface area contributed by atoms with Crippen LogP contribution in [0.1, 0.15) is 0 Å². The Hall–Kier alpha value is -6.72. The minimum Gasteiger partial charge on any atom is -0.310 e. The first-order valence-corrected chi connectivity index (χ1v) is 20.6. The van der Waals surface area contributed by atoms with Crippen molar-refractivity contribution in [2.45, 2.75) is 0 Å². The van der Waals surface area contributed by atoms with E-state index in [1.165, 1.54) is 84.0 Å². The Morgan fingerprint density at radius 3 is 1.50 bits per heavy atom. The monoisotopic (exact) mass is 748 g/mol. The predicted octanol–water partition coefficient (Wildman–Crippen LogP) is 15.8. The van der Waals surface area contributed by atoms with Crippen molar-refractivity contribution in [1.82, 2.24) is 4.57 Å². The van der Waals surface area contributed by atoms with Gasteiger partial charge in [-0.2, -0.15) is 0 Å². The number of fused-ring (bicyclic) bond motifs is 11. The minimum atomic E-state index is 1.11. The third-order valence-electron chi connectivity index (χ3n) is 11.3. The van der Waals surface area contributed by atoms with Crippen molar-refractivity contribution in [2.75, 3.05) is 4.90 Å². The molecule has 0 radical (unpaired) electrons. The molecule has 0 unspecified atom stereocenters. The maximum atomic E-state index is 2.42. The molecule has 2 nitrogen and oxygen atoms in total. The van der Waals surface area contributed by atoms with Crippen molar-refractivity contribution >= 4 is 113 Å². The van der Waals surface area contributed by atoms with Crippen LogP contribution >= 0.6 is 22.7 Å². The van der Waals surface area contributed by atoms with Crippen molar-refractivity contribution in [1.29, 1.82) is 0 Å². The second-order valence-corrected chi connectivity index (χ2v) is 16.6. The van der Waals surface area contributed by atoms with Gasteiger partial charge in [0.15, 0.2) is 0 Å². The molecule has 3 heterocycles. The number of hydrogen-bond donors (Lipinski definition) is 0. The largest absolute Gasteiger partial charge is 0.310 e. The zero-order valence-electron chi connectivity index (χ0n) is 30.2. The molecule has 9 aromatic carbocycles. The van der Waals surface area contributed by atoms with Gasteiger partial charge < -0.3 is 9.47 Å². The van der Waals surface area contributed by atoms with Crippen LogP contribution in [0.3, 0.4) is 0 Å². The summed E-state index contributed by atoms with van der Waals surface area (Å²) in [5.74, 6) is 0. The SMILES string of the molecule is c1ccc(-n2c(-c3ccc(N(c4ccc5c(ccc6c7ccccc7sc56)c4)c4ccc5c(ccc6c7ccccc7sc56)c4)cc3)cc3ccccc32)cc1. The fraction of sp³-hybridized carbons (Fsp3) is 0. The lowest BCUT2D eigenvalue weighted by Crippen LogP contribution is -2.10. The standard InChI is InChI=1S/C52H32N2S2/c1-2-11-37(12-3-1)54-47-15-7-4-10-36(47)32-48(54)33-18-22-38(23-19-33)53(39-24-28-41-34(30-39)20-26-45-43-13-5-8-16-49(43)55-51(41)45)40-25-29-42-35(31-40)21-27-46-44-14-6-9-17-50(44)56-52(42)46/h1-32H. The highest BCUT2D eigenvalue weighted by Gasteiger charge is 2.18. The Labute approximate surface area is 331 Å². The van der Waals surface area contributed by atoms with Crippen LogP contribution in [0.4, 0.5) is 17.1 Å². The van der Waals surface area contributed by atoms with E-state index in [1.807, 2.05) is 22.7 Å². The van der Waals surface area contributed by atoms with E-state index in [1.54, 1.807) is 0 Å². The number of aromatic nitrogens is 1. The van der Waals surface area contributed by atoms with Crippen molar-refractivity contribution < 1.29 is 0 Å². The first-order chi connectivity index (χ1) is 27.7. The number of thiophene rings is 2. The lowest BCUT2D eigenvalue weighted by Gasteiger charge is -2.26. The van der Waals surface area contributed by atoms with Crippen LogP contribution in [0, 0.1) is 0 Å². The second kappa shape index (κ2) is 12.4. The molecule has 0 atom stereocenters. The summed E-state index contributed by atoms with van der Waals surface area (Å²) >= 11 is 3.78. The van der Waals surface area contributed by atoms with Crippen LogP contribution in [0.25, 0.3) is 89.7 Å². The van der Waals surface area contributed by atoms with Gasteiger partial charge in [0.2, 0.25) is 0 Å². The number of anilines is 3. The summed E-state index contributed by atoms with van der Waals surface area (Å²) in [4.78, 5) is 2.42. The Bertz CT molecular complexity index is 3330. The van der Waals surface area contributed by atoms with Gasteiger partial charge in [0.05, 0.1) is 11.2 Å². The average Bonchev–Trinajstić information content (AvgIpc) is 3.96. The van der Waals surface area contributed by atoms with Gasteiger partial charge in [0, 0.05) is 68.5 Å². The van der Waals surface area contributed by atoms with Gasteiger partial charge in [0.1, 0.15) is 0 Å². The molecule has 4 heteroatoms.